The Morgan fingerprint density at radius 2 is 1.80 bits per heavy atom. The normalized spacial score (nSPS) is 13.2. The molecule has 0 saturated carbocycles. The smallest absolute Gasteiger partial charge is 0.163 e. The van der Waals surface area contributed by atoms with E-state index in [2.05, 4.69) is 24.5 Å². The first kappa shape index (κ1) is 15.5. The lowest BCUT2D eigenvalue weighted by Gasteiger charge is -2.18. The van der Waals surface area contributed by atoms with E-state index in [9.17, 15) is 0 Å². The largest absolute Gasteiger partial charge is 0.486 e. The summed E-state index contributed by atoms with van der Waals surface area (Å²) in [6.07, 6.45) is 0. The summed E-state index contributed by atoms with van der Waals surface area (Å²) in [5, 5.41) is 8.97. The van der Waals surface area contributed by atoms with Gasteiger partial charge in [-0.1, -0.05) is 26.0 Å². The average Bonchev–Trinajstić information content (AvgIpc) is 2.98. The van der Waals surface area contributed by atoms with Gasteiger partial charge < -0.3 is 14.0 Å². The first-order valence-corrected chi connectivity index (χ1v) is 8.44. The molecule has 0 spiro atoms. The summed E-state index contributed by atoms with van der Waals surface area (Å²) in [4.78, 5) is 4.83. The molecule has 0 N–H and O–H groups in total. The van der Waals surface area contributed by atoms with Crippen LogP contribution in [-0.4, -0.2) is 22.8 Å². The lowest BCUT2D eigenvalue weighted by molar-refractivity contribution is 0.172. The topological polar surface area (TPSA) is 60.1 Å². The molecule has 0 saturated heterocycles. The molecule has 2 aromatic carbocycles. The number of hydrogen-bond donors (Lipinski definition) is 0. The maximum Gasteiger partial charge on any atom is 0.163 e. The van der Waals surface area contributed by atoms with E-state index < -0.39 is 0 Å². The zero-order chi connectivity index (χ0) is 17.4. The number of ether oxygens (including phenoxy) is 2. The lowest BCUT2D eigenvalue weighted by atomic mass is 10.1. The molecule has 0 amide bonds. The molecule has 3 aromatic rings. The minimum Gasteiger partial charge on any atom is -0.486 e. The summed E-state index contributed by atoms with van der Waals surface area (Å²) in [6.45, 7) is 6.13. The Kier molecular flexibility index (Phi) is 3.81. The van der Waals surface area contributed by atoms with Crippen molar-refractivity contribution in [3.63, 3.8) is 0 Å². The first-order valence-electron chi connectivity index (χ1n) is 8.44. The van der Waals surface area contributed by atoms with Gasteiger partial charge >= 0.3 is 0 Å². The van der Waals surface area contributed by atoms with E-state index in [1.54, 1.807) is 0 Å². The molecule has 25 heavy (non-hydrogen) atoms. The van der Waals surface area contributed by atoms with Gasteiger partial charge in [-0.3, -0.25) is 0 Å². The summed E-state index contributed by atoms with van der Waals surface area (Å²) in [7, 11) is 0. The molecule has 5 heteroatoms. The predicted octanol–water partition coefficient (Wildman–Crippen LogP) is 3.85. The highest BCUT2D eigenvalue weighted by Gasteiger charge is 2.19. The molecular weight excluding hydrogens is 314 g/mol. The van der Waals surface area contributed by atoms with Crippen molar-refractivity contribution in [1.82, 2.24) is 9.55 Å². The Bertz CT molecular complexity index is 965. The fourth-order valence-electron chi connectivity index (χ4n) is 3.15. The third-order valence-electron chi connectivity index (χ3n) is 4.38. The highest BCUT2D eigenvalue weighted by atomic mass is 16.6. The molecule has 1 aliphatic rings. The zero-order valence-corrected chi connectivity index (χ0v) is 14.3. The molecule has 4 rings (SSSR count). The van der Waals surface area contributed by atoms with Gasteiger partial charge in [0, 0.05) is 24.6 Å². The van der Waals surface area contributed by atoms with Crippen LogP contribution < -0.4 is 9.47 Å². The second kappa shape index (κ2) is 6.14. The molecule has 126 valence electrons. The summed E-state index contributed by atoms with van der Waals surface area (Å²) >= 11 is 0. The molecular formula is C20H19N3O2. The van der Waals surface area contributed by atoms with Crippen molar-refractivity contribution in [2.24, 2.45) is 0 Å². The fourth-order valence-corrected chi connectivity index (χ4v) is 3.15. The monoisotopic (exact) mass is 333 g/mol. The van der Waals surface area contributed by atoms with Gasteiger partial charge in [-0.25, -0.2) is 4.98 Å². The van der Waals surface area contributed by atoms with E-state index in [4.69, 9.17) is 19.7 Å². The molecule has 0 bridgehead atoms. The van der Waals surface area contributed by atoms with Gasteiger partial charge in [0.1, 0.15) is 19.0 Å². The van der Waals surface area contributed by atoms with Crippen molar-refractivity contribution in [1.29, 1.82) is 5.26 Å². The minimum atomic E-state index is 0.296. The van der Waals surface area contributed by atoms with Crippen LogP contribution in [0.15, 0.2) is 36.4 Å². The van der Waals surface area contributed by atoms with Gasteiger partial charge in [0.25, 0.3) is 0 Å². The quantitative estimate of drug-likeness (QED) is 0.730. The molecule has 1 aromatic heterocycles. The van der Waals surface area contributed by atoms with Crippen molar-refractivity contribution in [3.8, 4) is 17.6 Å². The molecule has 2 heterocycles. The van der Waals surface area contributed by atoms with Crippen LogP contribution in [0.2, 0.25) is 0 Å². The number of aromatic nitrogens is 2. The standard InChI is InChI=1S/C20H19N3O2/c1-13(2)20-22-16-9-18-19(25-8-7-24-18)10-17(16)23(20)12-15-5-3-14(11-21)4-6-15/h3-6,9-10,13H,7-8,12H2,1-2H3. The van der Waals surface area contributed by atoms with Crippen LogP contribution in [0.4, 0.5) is 0 Å². The van der Waals surface area contributed by atoms with Crippen LogP contribution in [0.1, 0.15) is 36.7 Å². The van der Waals surface area contributed by atoms with Crippen LogP contribution in [0.3, 0.4) is 0 Å². The fraction of sp³-hybridized carbons (Fsp3) is 0.300. The van der Waals surface area contributed by atoms with Gasteiger partial charge in [-0.2, -0.15) is 5.26 Å². The molecule has 0 atom stereocenters. The number of nitrogens with zero attached hydrogens (tertiary/aromatic N) is 3. The minimum absolute atomic E-state index is 0.296. The number of nitriles is 1. The summed E-state index contributed by atoms with van der Waals surface area (Å²) in [5.41, 5.74) is 3.76. The number of benzene rings is 2. The van der Waals surface area contributed by atoms with Crippen molar-refractivity contribution in [2.75, 3.05) is 13.2 Å². The van der Waals surface area contributed by atoms with Crippen LogP contribution in [0.25, 0.3) is 11.0 Å². The van der Waals surface area contributed by atoms with Crippen LogP contribution in [0, 0.1) is 11.3 Å². The number of hydrogen-bond acceptors (Lipinski definition) is 4. The summed E-state index contributed by atoms with van der Waals surface area (Å²) in [5.74, 6) is 2.86. The van der Waals surface area contributed by atoms with Gasteiger partial charge in [0.2, 0.25) is 0 Å². The predicted molar refractivity (Wildman–Crippen MR) is 95.1 cm³/mol. The molecule has 0 unspecified atom stereocenters. The SMILES string of the molecule is CC(C)c1nc2cc3c(cc2n1Cc1ccc(C#N)cc1)OCCO3. The lowest BCUT2D eigenvalue weighted by Crippen LogP contribution is -2.15. The zero-order valence-electron chi connectivity index (χ0n) is 14.3. The third kappa shape index (κ3) is 2.80. The molecule has 5 nitrogen and oxygen atoms in total. The van der Waals surface area contributed by atoms with Gasteiger partial charge in [-0.15, -0.1) is 0 Å². The van der Waals surface area contributed by atoms with E-state index in [0.717, 1.165) is 33.9 Å². The Balaban J connectivity index is 1.82. The molecule has 1 aliphatic heterocycles. The van der Waals surface area contributed by atoms with Crippen molar-refractivity contribution in [2.45, 2.75) is 26.3 Å². The van der Waals surface area contributed by atoms with Gasteiger partial charge in [0.05, 0.1) is 22.7 Å². The third-order valence-corrected chi connectivity index (χ3v) is 4.38. The Morgan fingerprint density at radius 1 is 1.12 bits per heavy atom. The molecule has 0 fully saturated rings. The summed E-state index contributed by atoms with van der Waals surface area (Å²) in [6, 6.07) is 13.8. The Labute approximate surface area is 146 Å². The first-order chi connectivity index (χ1) is 12.2. The molecule has 0 radical (unpaired) electrons. The average molecular weight is 333 g/mol. The highest BCUT2D eigenvalue weighted by molar-refractivity contribution is 5.81. The second-order valence-electron chi connectivity index (χ2n) is 6.50. The second-order valence-corrected chi connectivity index (χ2v) is 6.50. The van der Waals surface area contributed by atoms with Gasteiger partial charge in [0.15, 0.2) is 11.5 Å². The van der Waals surface area contributed by atoms with Crippen LogP contribution in [-0.2, 0) is 6.54 Å². The Morgan fingerprint density at radius 3 is 2.44 bits per heavy atom. The maximum absolute atomic E-state index is 8.97. The highest BCUT2D eigenvalue weighted by Crippen LogP contribution is 2.36. The Hall–Kier alpha value is -3.00. The van der Waals surface area contributed by atoms with E-state index >= 15 is 0 Å². The number of imidazole rings is 1. The van der Waals surface area contributed by atoms with Crippen molar-refractivity contribution >= 4 is 11.0 Å². The maximum atomic E-state index is 8.97. The van der Waals surface area contributed by atoms with Crippen LogP contribution >= 0.6 is 0 Å². The van der Waals surface area contributed by atoms with E-state index in [1.165, 1.54) is 0 Å². The number of rotatable bonds is 3. The van der Waals surface area contributed by atoms with Crippen LogP contribution in [0.5, 0.6) is 11.5 Å². The van der Waals surface area contributed by atoms with E-state index in [0.29, 0.717) is 31.2 Å². The van der Waals surface area contributed by atoms with E-state index in [1.807, 2.05) is 36.4 Å². The molecule has 0 aliphatic carbocycles. The summed E-state index contributed by atoms with van der Waals surface area (Å²) < 4.78 is 13.6. The van der Waals surface area contributed by atoms with Crippen molar-refractivity contribution in [3.05, 3.63) is 53.3 Å². The van der Waals surface area contributed by atoms with E-state index in [-0.39, 0.29) is 0 Å². The van der Waals surface area contributed by atoms with Crippen molar-refractivity contribution < 1.29 is 9.47 Å². The number of fused-ring (bicyclic) bond motifs is 2. The van der Waals surface area contributed by atoms with Gasteiger partial charge in [-0.05, 0) is 17.7 Å².